The minimum absolute atomic E-state index is 0.0407. The highest BCUT2D eigenvalue weighted by Gasteiger charge is 2.09. The number of hydrogen-bond acceptors (Lipinski definition) is 1. The maximum atomic E-state index is 12.3. The lowest BCUT2D eigenvalue weighted by Gasteiger charge is -2.02. The van der Waals surface area contributed by atoms with Gasteiger partial charge in [-0.3, -0.25) is 4.79 Å². The Kier molecular flexibility index (Phi) is 2.76. The molecule has 2 nitrogen and oxygen atoms in total. The van der Waals surface area contributed by atoms with Gasteiger partial charge in [0.05, 0.1) is 0 Å². The van der Waals surface area contributed by atoms with Gasteiger partial charge in [0.1, 0.15) is 0 Å². The van der Waals surface area contributed by atoms with Crippen molar-refractivity contribution in [2.45, 2.75) is 0 Å². The van der Waals surface area contributed by atoms with Crippen LogP contribution < -0.4 is 0 Å². The number of H-pyrrole nitrogens is 1. The molecule has 0 bridgehead atoms. The minimum Gasteiger partial charge on any atom is -0.361 e. The molecule has 0 aliphatic heterocycles. The monoisotopic (exact) mass is 299 g/mol. The number of hydrogen-bond donors (Lipinski definition) is 1. The Morgan fingerprint density at radius 1 is 0.944 bits per heavy atom. The lowest BCUT2D eigenvalue weighted by atomic mass is 10.0. The highest BCUT2D eigenvalue weighted by molar-refractivity contribution is 9.10. The van der Waals surface area contributed by atoms with Crippen molar-refractivity contribution in [2.75, 3.05) is 0 Å². The number of aromatic nitrogens is 1. The predicted octanol–water partition coefficient (Wildman–Crippen LogP) is 4.16. The minimum atomic E-state index is 0.0407. The number of rotatable bonds is 2. The summed E-state index contributed by atoms with van der Waals surface area (Å²) >= 11 is 3.36. The molecule has 0 aliphatic carbocycles. The van der Waals surface area contributed by atoms with Crippen LogP contribution >= 0.6 is 15.9 Å². The van der Waals surface area contributed by atoms with E-state index in [9.17, 15) is 4.79 Å². The van der Waals surface area contributed by atoms with Gasteiger partial charge in [0.25, 0.3) is 0 Å². The van der Waals surface area contributed by atoms with Crippen LogP contribution in [0.3, 0.4) is 0 Å². The Balaban J connectivity index is 2.03. The second-order valence-corrected chi connectivity index (χ2v) is 5.03. The first-order valence-corrected chi connectivity index (χ1v) is 6.41. The average molecular weight is 300 g/mol. The quantitative estimate of drug-likeness (QED) is 0.708. The van der Waals surface area contributed by atoms with E-state index < -0.39 is 0 Å². The third-order valence-electron chi connectivity index (χ3n) is 2.92. The van der Waals surface area contributed by atoms with Crippen LogP contribution in [0.4, 0.5) is 0 Å². The summed E-state index contributed by atoms with van der Waals surface area (Å²) in [4.78, 5) is 15.4. The van der Waals surface area contributed by atoms with Crippen LogP contribution in [0, 0.1) is 0 Å². The molecule has 0 spiro atoms. The molecule has 0 atom stereocenters. The van der Waals surface area contributed by atoms with E-state index in [1.807, 2.05) is 54.7 Å². The van der Waals surface area contributed by atoms with E-state index in [0.29, 0.717) is 11.1 Å². The van der Waals surface area contributed by atoms with Gasteiger partial charge in [0.15, 0.2) is 5.78 Å². The molecule has 2 aromatic carbocycles. The number of fused-ring (bicyclic) bond motifs is 1. The molecule has 0 radical (unpaired) electrons. The lowest BCUT2D eigenvalue weighted by Crippen LogP contribution is -2.00. The number of ketones is 1. The van der Waals surface area contributed by atoms with Crippen LogP contribution in [0.1, 0.15) is 15.9 Å². The van der Waals surface area contributed by atoms with E-state index in [1.54, 1.807) is 0 Å². The number of carbonyl (C=O) groups is 1. The van der Waals surface area contributed by atoms with Crippen LogP contribution in [-0.2, 0) is 0 Å². The predicted molar refractivity (Wildman–Crippen MR) is 75.9 cm³/mol. The number of nitrogens with one attached hydrogen (secondary N) is 1. The highest BCUT2D eigenvalue weighted by atomic mass is 79.9. The molecule has 18 heavy (non-hydrogen) atoms. The first-order valence-electron chi connectivity index (χ1n) is 5.61. The van der Waals surface area contributed by atoms with Crippen molar-refractivity contribution in [3.05, 3.63) is 70.3 Å². The van der Waals surface area contributed by atoms with Crippen molar-refractivity contribution in [3.8, 4) is 0 Å². The Morgan fingerprint density at radius 3 is 2.44 bits per heavy atom. The largest absolute Gasteiger partial charge is 0.361 e. The molecular weight excluding hydrogens is 290 g/mol. The number of aromatic amines is 1. The van der Waals surface area contributed by atoms with Gasteiger partial charge < -0.3 is 4.98 Å². The van der Waals surface area contributed by atoms with Gasteiger partial charge >= 0.3 is 0 Å². The van der Waals surface area contributed by atoms with E-state index in [0.717, 1.165) is 15.4 Å². The fourth-order valence-corrected chi connectivity index (χ4v) is 2.22. The molecule has 1 aromatic heterocycles. The fraction of sp³-hybridized carbons (Fsp3) is 0. The van der Waals surface area contributed by atoms with Crippen LogP contribution in [-0.4, -0.2) is 10.8 Å². The summed E-state index contributed by atoms with van der Waals surface area (Å²) in [6.07, 6.45) is 1.87. The summed E-state index contributed by atoms with van der Waals surface area (Å²) in [5, 5.41) is 1.11. The van der Waals surface area contributed by atoms with E-state index in [4.69, 9.17) is 0 Å². The Bertz CT molecular complexity index is 713. The molecule has 3 aromatic rings. The smallest absolute Gasteiger partial charge is 0.193 e. The first kappa shape index (κ1) is 11.2. The van der Waals surface area contributed by atoms with E-state index in [-0.39, 0.29) is 5.78 Å². The SMILES string of the molecule is O=C(c1ccc(Br)cc1)c1ccc2cc[nH]c2c1. The van der Waals surface area contributed by atoms with Gasteiger partial charge in [-0.1, -0.05) is 28.1 Å². The summed E-state index contributed by atoms with van der Waals surface area (Å²) in [6, 6.07) is 15.1. The molecule has 0 fully saturated rings. The number of halogens is 1. The molecule has 0 amide bonds. The van der Waals surface area contributed by atoms with Crippen molar-refractivity contribution in [3.63, 3.8) is 0 Å². The first-order chi connectivity index (χ1) is 8.74. The van der Waals surface area contributed by atoms with E-state index in [1.165, 1.54) is 0 Å². The Hall–Kier alpha value is -1.87. The summed E-state index contributed by atoms with van der Waals surface area (Å²) in [5.41, 5.74) is 2.38. The standard InChI is InChI=1S/C15H10BrNO/c16-13-5-3-11(4-6-13)15(18)12-2-1-10-7-8-17-14(10)9-12/h1-9,17H. The van der Waals surface area contributed by atoms with Crippen molar-refractivity contribution in [1.29, 1.82) is 0 Å². The molecule has 88 valence electrons. The topological polar surface area (TPSA) is 32.9 Å². The molecule has 0 aliphatic rings. The van der Waals surface area contributed by atoms with Gasteiger partial charge in [0.2, 0.25) is 0 Å². The van der Waals surface area contributed by atoms with Gasteiger partial charge in [-0.05, 0) is 41.8 Å². The zero-order valence-electron chi connectivity index (χ0n) is 9.48. The molecule has 0 saturated heterocycles. The summed E-state index contributed by atoms with van der Waals surface area (Å²) < 4.78 is 0.971. The van der Waals surface area contributed by atoms with E-state index in [2.05, 4.69) is 20.9 Å². The van der Waals surface area contributed by atoms with Gasteiger partial charge in [-0.2, -0.15) is 0 Å². The second kappa shape index (κ2) is 4.42. The molecule has 1 N–H and O–H groups in total. The van der Waals surface area contributed by atoms with E-state index >= 15 is 0 Å². The van der Waals surface area contributed by atoms with Crippen molar-refractivity contribution >= 4 is 32.6 Å². The third-order valence-corrected chi connectivity index (χ3v) is 3.45. The summed E-state index contributed by atoms with van der Waals surface area (Å²) in [5.74, 6) is 0.0407. The summed E-state index contributed by atoms with van der Waals surface area (Å²) in [6.45, 7) is 0. The summed E-state index contributed by atoms with van der Waals surface area (Å²) in [7, 11) is 0. The van der Waals surface area contributed by atoms with Crippen LogP contribution in [0.15, 0.2) is 59.2 Å². The zero-order valence-corrected chi connectivity index (χ0v) is 11.1. The Morgan fingerprint density at radius 2 is 1.67 bits per heavy atom. The van der Waals surface area contributed by atoms with Crippen molar-refractivity contribution < 1.29 is 4.79 Å². The second-order valence-electron chi connectivity index (χ2n) is 4.12. The zero-order chi connectivity index (χ0) is 12.5. The average Bonchev–Trinajstić information content (AvgIpc) is 2.86. The molecule has 0 unspecified atom stereocenters. The molecule has 0 saturated carbocycles. The Labute approximate surface area is 113 Å². The van der Waals surface area contributed by atoms with Gasteiger partial charge in [-0.15, -0.1) is 0 Å². The molecule has 1 heterocycles. The lowest BCUT2D eigenvalue weighted by molar-refractivity contribution is 0.103. The third kappa shape index (κ3) is 1.97. The normalized spacial score (nSPS) is 10.7. The number of carbonyl (C=O) groups excluding carboxylic acids is 1. The maximum Gasteiger partial charge on any atom is 0.193 e. The molecular formula is C15H10BrNO. The molecule has 3 rings (SSSR count). The van der Waals surface area contributed by atoms with Crippen LogP contribution in [0.25, 0.3) is 10.9 Å². The van der Waals surface area contributed by atoms with Crippen LogP contribution in [0.2, 0.25) is 0 Å². The van der Waals surface area contributed by atoms with Gasteiger partial charge in [0, 0.05) is 27.3 Å². The fourth-order valence-electron chi connectivity index (χ4n) is 1.96. The highest BCUT2D eigenvalue weighted by Crippen LogP contribution is 2.18. The maximum absolute atomic E-state index is 12.3. The van der Waals surface area contributed by atoms with Crippen LogP contribution in [0.5, 0.6) is 0 Å². The van der Waals surface area contributed by atoms with Crippen molar-refractivity contribution in [1.82, 2.24) is 4.98 Å². The number of benzene rings is 2. The van der Waals surface area contributed by atoms with Crippen molar-refractivity contribution in [2.24, 2.45) is 0 Å². The molecule has 3 heteroatoms. The van der Waals surface area contributed by atoms with Gasteiger partial charge in [-0.25, -0.2) is 0 Å².